The number of benzene rings is 1. The summed E-state index contributed by atoms with van der Waals surface area (Å²) < 4.78 is 10.5. The Morgan fingerprint density at radius 3 is 2.60 bits per heavy atom. The third-order valence-electron chi connectivity index (χ3n) is 2.74. The van der Waals surface area contributed by atoms with Gasteiger partial charge in [0.1, 0.15) is 5.75 Å². The van der Waals surface area contributed by atoms with Crippen molar-refractivity contribution >= 4 is 6.08 Å². The largest absolute Gasteiger partial charge is 0.497 e. The maximum atomic E-state index is 5.39. The van der Waals surface area contributed by atoms with E-state index < -0.39 is 0 Å². The summed E-state index contributed by atoms with van der Waals surface area (Å²) in [5.41, 5.74) is 2.59. The van der Waals surface area contributed by atoms with Crippen LogP contribution in [0.15, 0.2) is 29.8 Å². The topological polar surface area (TPSA) is 18.5 Å². The smallest absolute Gasteiger partial charge is 0.118 e. The molecule has 1 heterocycles. The van der Waals surface area contributed by atoms with Gasteiger partial charge < -0.3 is 9.47 Å². The zero-order valence-electron chi connectivity index (χ0n) is 9.19. The van der Waals surface area contributed by atoms with E-state index in [0.717, 1.165) is 19.0 Å². The summed E-state index contributed by atoms with van der Waals surface area (Å²) in [7, 11) is 1.68. The summed E-state index contributed by atoms with van der Waals surface area (Å²) in [6.45, 7) is 3.82. The van der Waals surface area contributed by atoms with Crippen molar-refractivity contribution < 1.29 is 9.47 Å². The highest BCUT2D eigenvalue weighted by molar-refractivity contribution is 5.55. The molecule has 1 atom stereocenters. The molecule has 0 saturated carbocycles. The van der Waals surface area contributed by atoms with E-state index in [-0.39, 0.29) is 0 Å². The minimum absolute atomic E-state index is 0.548. The third kappa shape index (κ3) is 2.39. The second-order valence-corrected chi connectivity index (χ2v) is 3.91. The van der Waals surface area contributed by atoms with Crippen LogP contribution in [0.1, 0.15) is 12.5 Å². The van der Waals surface area contributed by atoms with Gasteiger partial charge in [-0.1, -0.05) is 25.1 Å². The molecule has 0 aromatic heterocycles. The average Bonchev–Trinajstić information content (AvgIpc) is 2.66. The van der Waals surface area contributed by atoms with E-state index in [4.69, 9.17) is 9.47 Å². The molecule has 1 saturated heterocycles. The first-order valence-electron chi connectivity index (χ1n) is 5.22. The highest BCUT2D eigenvalue weighted by Gasteiger charge is 2.16. The minimum Gasteiger partial charge on any atom is -0.497 e. The van der Waals surface area contributed by atoms with Crippen molar-refractivity contribution in [3.63, 3.8) is 0 Å². The molecule has 0 N–H and O–H groups in total. The molecule has 80 valence electrons. The quantitative estimate of drug-likeness (QED) is 0.737. The van der Waals surface area contributed by atoms with Crippen LogP contribution in [0.3, 0.4) is 0 Å². The molecule has 0 radical (unpaired) electrons. The summed E-state index contributed by atoms with van der Waals surface area (Å²) >= 11 is 0. The van der Waals surface area contributed by atoms with E-state index >= 15 is 0 Å². The maximum absolute atomic E-state index is 5.39. The maximum Gasteiger partial charge on any atom is 0.118 e. The monoisotopic (exact) mass is 204 g/mol. The summed E-state index contributed by atoms with van der Waals surface area (Å²) in [6, 6.07) is 8.09. The third-order valence-corrected chi connectivity index (χ3v) is 2.74. The molecule has 2 rings (SSSR count). The van der Waals surface area contributed by atoms with E-state index in [1.54, 1.807) is 7.11 Å². The number of rotatable bonds is 2. The van der Waals surface area contributed by atoms with Crippen LogP contribution in [0.25, 0.3) is 6.08 Å². The van der Waals surface area contributed by atoms with Gasteiger partial charge in [0.2, 0.25) is 0 Å². The van der Waals surface area contributed by atoms with Crippen molar-refractivity contribution in [3.8, 4) is 5.75 Å². The Morgan fingerprint density at radius 1 is 1.33 bits per heavy atom. The zero-order chi connectivity index (χ0) is 10.7. The molecule has 2 nitrogen and oxygen atoms in total. The van der Waals surface area contributed by atoms with Crippen LogP contribution in [0, 0.1) is 5.92 Å². The van der Waals surface area contributed by atoms with Crippen molar-refractivity contribution in [2.75, 3.05) is 20.3 Å². The molecule has 0 amide bonds. The lowest BCUT2D eigenvalue weighted by Gasteiger charge is -2.03. The fourth-order valence-corrected chi connectivity index (χ4v) is 1.70. The fraction of sp³-hybridized carbons (Fsp3) is 0.385. The van der Waals surface area contributed by atoms with Crippen LogP contribution < -0.4 is 4.74 Å². The van der Waals surface area contributed by atoms with Crippen LogP contribution in [0.5, 0.6) is 5.75 Å². The fourth-order valence-electron chi connectivity index (χ4n) is 1.70. The molecule has 0 bridgehead atoms. The van der Waals surface area contributed by atoms with Crippen LogP contribution in [0.2, 0.25) is 0 Å². The average molecular weight is 204 g/mol. The standard InChI is InChI=1S/C13H16O2/c1-10-8-15-9-12(10)7-11-3-5-13(14-2)6-4-11/h3-7,10H,8-9H2,1-2H3/b12-7-. The zero-order valence-corrected chi connectivity index (χ0v) is 9.19. The minimum atomic E-state index is 0.548. The number of ether oxygens (including phenoxy) is 2. The normalized spacial score (nSPS) is 23.3. The van der Waals surface area contributed by atoms with E-state index in [1.807, 2.05) is 12.1 Å². The Labute approximate surface area is 90.5 Å². The molecule has 2 heteroatoms. The van der Waals surface area contributed by atoms with E-state index in [1.165, 1.54) is 11.1 Å². The second kappa shape index (κ2) is 4.49. The van der Waals surface area contributed by atoms with Gasteiger partial charge in [-0.25, -0.2) is 0 Å². The van der Waals surface area contributed by atoms with Gasteiger partial charge in [-0.3, -0.25) is 0 Å². The van der Waals surface area contributed by atoms with Gasteiger partial charge in [0, 0.05) is 5.92 Å². The van der Waals surface area contributed by atoms with Gasteiger partial charge in [0.15, 0.2) is 0 Å². The molecule has 15 heavy (non-hydrogen) atoms. The SMILES string of the molecule is COc1ccc(/C=C2/COCC2C)cc1. The molecule has 1 aliphatic heterocycles. The molecular formula is C13H16O2. The van der Waals surface area contributed by atoms with Gasteiger partial charge in [0.25, 0.3) is 0 Å². The first kappa shape index (κ1) is 10.2. The van der Waals surface area contributed by atoms with Gasteiger partial charge in [0.05, 0.1) is 20.3 Å². The van der Waals surface area contributed by atoms with Crippen molar-refractivity contribution in [1.29, 1.82) is 0 Å². The van der Waals surface area contributed by atoms with Crippen molar-refractivity contribution in [2.24, 2.45) is 5.92 Å². The molecule has 1 aliphatic rings. The summed E-state index contributed by atoms with van der Waals surface area (Å²) in [6.07, 6.45) is 2.21. The van der Waals surface area contributed by atoms with E-state index in [2.05, 4.69) is 25.1 Å². The second-order valence-electron chi connectivity index (χ2n) is 3.91. The van der Waals surface area contributed by atoms with Gasteiger partial charge >= 0.3 is 0 Å². The molecular weight excluding hydrogens is 188 g/mol. The molecule has 0 aliphatic carbocycles. The Bertz CT molecular complexity index is 351. The van der Waals surface area contributed by atoms with Crippen LogP contribution in [-0.2, 0) is 4.74 Å². The van der Waals surface area contributed by atoms with Crippen LogP contribution in [0.4, 0.5) is 0 Å². The first-order valence-corrected chi connectivity index (χ1v) is 5.22. The summed E-state index contributed by atoms with van der Waals surface area (Å²) in [5.74, 6) is 1.44. The van der Waals surface area contributed by atoms with E-state index in [0.29, 0.717) is 5.92 Å². The highest BCUT2D eigenvalue weighted by atomic mass is 16.5. The lowest BCUT2D eigenvalue weighted by atomic mass is 10.0. The van der Waals surface area contributed by atoms with Crippen molar-refractivity contribution in [2.45, 2.75) is 6.92 Å². The van der Waals surface area contributed by atoms with Crippen LogP contribution in [-0.4, -0.2) is 20.3 Å². The lowest BCUT2D eigenvalue weighted by Crippen LogP contribution is -1.94. The molecule has 1 fully saturated rings. The van der Waals surface area contributed by atoms with Crippen molar-refractivity contribution in [3.05, 3.63) is 35.4 Å². The lowest BCUT2D eigenvalue weighted by molar-refractivity contribution is 0.191. The predicted octanol–water partition coefficient (Wildman–Crippen LogP) is 2.74. The van der Waals surface area contributed by atoms with Gasteiger partial charge in [-0.2, -0.15) is 0 Å². The molecule has 1 aromatic carbocycles. The van der Waals surface area contributed by atoms with E-state index in [9.17, 15) is 0 Å². The molecule has 1 unspecified atom stereocenters. The molecule has 1 aromatic rings. The number of hydrogen-bond acceptors (Lipinski definition) is 2. The highest BCUT2D eigenvalue weighted by Crippen LogP contribution is 2.22. The Kier molecular flexibility index (Phi) is 3.07. The molecule has 0 spiro atoms. The first-order chi connectivity index (χ1) is 7.29. The Morgan fingerprint density at radius 2 is 2.07 bits per heavy atom. The van der Waals surface area contributed by atoms with Crippen LogP contribution >= 0.6 is 0 Å². The number of methoxy groups -OCH3 is 1. The van der Waals surface area contributed by atoms with Gasteiger partial charge in [-0.15, -0.1) is 0 Å². The van der Waals surface area contributed by atoms with Crippen molar-refractivity contribution in [1.82, 2.24) is 0 Å². The number of hydrogen-bond donors (Lipinski definition) is 0. The summed E-state index contributed by atoms with van der Waals surface area (Å²) in [4.78, 5) is 0. The Balaban J connectivity index is 2.16. The summed E-state index contributed by atoms with van der Waals surface area (Å²) in [5, 5.41) is 0. The van der Waals surface area contributed by atoms with Gasteiger partial charge in [-0.05, 0) is 23.3 Å². The Hall–Kier alpha value is -1.28. The predicted molar refractivity (Wildman–Crippen MR) is 61.0 cm³/mol.